The number of carboxylic acids is 1. The lowest BCUT2D eigenvalue weighted by molar-refractivity contribution is 0.0696. The number of hydrogen-bond acceptors (Lipinski definition) is 3. The van der Waals surface area contributed by atoms with Crippen molar-refractivity contribution in [1.29, 1.82) is 0 Å². The van der Waals surface area contributed by atoms with Gasteiger partial charge in [-0.1, -0.05) is 6.07 Å². The molecule has 0 saturated carbocycles. The molecule has 0 saturated heterocycles. The topological polar surface area (TPSA) is 66.4 Å². The fraction of sp³-hybridized carbons (Fsp3) is 0. The van der Waals surface area contributed by atoms with Crippen LogP contribution in [0.15, 0.2) is 40.2 Å². The smallest absolute Gasteiger partial charge is 0.335 e. The second kappa shape index (κ2) is 5.32. The highest BCUT2D eigenvalue weighted by Crippen LogP contribution is 2.24. The Morgan fingerprint density at radius 3 is 2.67 bits per heavy atom. The van der Waals surface area contributed by atoms with Gasteiger partial charge in [0.1, 0.15) is 0 Å². The van der Waals surface area contributed by atoms with E-state index in [0.717, 1.165) is 0 Å². The number of aromatic carboxylic acids is 1. The van der Waals surface area contributed by atoms with Crippen LogP contribution < -0.4 is 5.32 Å². The quantitative estimate of drug-likeness (QED) is 0.908. The number of carbonyl (C=O) groups excluding carboxylic acids is 1. The number of thiophene rings is 1. The van der Waals surface area contributed by atoms with Gasteiger partial charge in [0, 0.05) is 4.47 Å². The maximum Gasteiger partial charge on any atom is 0.335 e. The highest BCUT2D eigenvalue weighted by Gasteiger charge is 2.11. The molecule has 0 unspecified atom stereocenters. The van der Waals surface area contributed by atoms with Gasteiger partial charge in [0.25, 0.3) is 5.91 Å². The second-order valence-corrected chi connectivity index (χ2v) is 5.23. The standard InChI is InChI=1S/C12H8BrNO3S/c13-8-4-3-7(12(16)17)6-9(8)14-11(15)10-2-1-5-18-10/h1-6H,(H,14,15)(H,16,17). The van der Waals surface area contributed by atoms with Gasteiger partial charge in [-0.05, 0) is 45.6 Å². The van der Waals surface area contributed by atoms with Gasteiger partial charge >= 0.3 is 5.97 Å². The molecular formula is C12H8BrNO3S. The first-order valence-electron chi connectivity index (χ1n) is 4.95. The van der Waals surface area contributed by atoms with Gasteiger partial charge in [-0.2, -0.15) is 0 Å². The molecule has 6 heteroatoms. The van der Waals surface area contributed by atoms with Crippen LogP contribution in [-0.4, -0.2) is 17.0 Å². The molecule has 92 valence electrons. The Labute approximate surface area is 115 Å². The normalized spacial score (nSPS) is 10.1. The van der Waals surface area contributed by atoms with E-state index in [-0.39, 0.29) is 11.5 Å². The van der Waals surface area contributed by atoms with Gasteiger partial charge < -0.3 is 10.4 Å². The Bertz CT molecular complexity index is 595. The van der Waals surface area contributed by atoms with Crippen LogP contribution in [0.1, 0.15) is 20.0 Å². The number of carbonyl (C=O) groups is 2. The fourth-order valence-electron chi connectivity index (χ4n) is 1.35. The molecule has 1 heterocycles. The summed E-state index contributed by atoms with van der Waals surface area (Å²) in [4.78, 5) is 23.3. The van der Waals surface area contributed by atoms with Crippen molar-refractivity contribution in [3.8, 4) is 0 Å². The lowest BCUT2D eigenvalue weighted by Gasteiger charge is -2.07. The molecule has 1 amide bonds. The van der Waals surface area contributed by atoms with E-state index in [0.29, 0.717) is 15.0 Å². The van der Waals surface area contributed by atoms with Crippen LogP contribution in [0.3, 0.4) is 0 Å². The zero-order chi connectivity index (χ0) is 13.1. The molecule has 2 N–H and O–H groups in total. The van der Waals surface area contributed by atoms with Crippen molar-refractivity contribution in [1.82, 2.24) is 0 Å². The number of carboxylic acid groups (broad SMARTS) is 1. The molecule has 2 aromatic rings. The first-order chi connectivity index (χ1) is 8.58. The van der Waals surface area contributed by atoms with E-state index < -0.39 is 5.97 Å². The summed E-state index contributed by atoms with van der Waals surface area (Å²) in [5.74, 6) is -1.29. The van der Waals surface area contributed by atoms with Crippen LogP contribution in [0, 0.1) is 0 Å². The van der Waals surface area contributed by atoms with Crippen molar-refractivity contribution in [3.05, 3.63) is 50.6 Å². The Balaban J connectivity index is 2.26. The largest absolute Gasteiger partial charge is 0.478 e. The minimum atomic E-state index is -1.03. The highest BCUT2D eigenvalue weighted by atomic mass is 79.9. The highest BCUT2D eigenvalue weighted by molar-refractivity contribution is 9.10. The monoisotopic (exact) mass is 325 g/mol. The number of nitrogens with one attached hydrogen (secondary N) is 1. The summed E-state index contributed by atoms with van der Waals surface area (Å²) in [6.07, 6.45) is 0. The van der Waals surface area contributed by atoms with Gasteiger partial charge in [0.2, 0.25) is 0 Å². The van der Waals surface area contributed by atoms with Crippen molar-refractivity contribution in [2.45, 2.75) is 0 Å². The predicted octanol–water partition coefficient (Wildman–Crippen LogP) is 3.46. The summed E-state index contributed by atoms with van der Waals surface area (Å²) < 4.78 is 0.636. The Kier molecular flexibility index (Phi) is 3.78. The molecule has 1 aromatic heterocycles. The summed E-state index contributed by atoms with van der Waals surface area (Å²) >= 11 is 4.59. The van der Waals surface area contributed by atoms with Crippen molar-refractivity contribution in [3.63, 3.8) is 0 Å². The third-order valence-electron chi connectivity index (χ3n) is 2.21. The molecular weight excluding hydrogens is 318 g/mol. The molecule has 0 bridgehead atoms. The number of anilines is 1. The lowest BCUT2D eigenvalue weighted by Crippen LogP contribution is -2.11. The molecule has 0 fully saturated rings. The molecule has 2 rings (SSSR count). The molecule has 0 aliphatic heterocycles. The van der Waals surface area contributed by atoms with Crippen molar-refractivity contribution >= 4 is 44.8 Å². The number of benzene rings is 1. The van der Waals surface area contributed by atoms with Crippen LogP contribution in [0.25, 0.3) is 0 Å². The number of hydrogen-bond donors (Lipinski definition) is 2. The molecule has 4 nitrogen and oxygen atoms in total. The van der Waals surface area contributed by atoms with Gasteiger partial charge in [-0.3, -0.25) is 4.79 Å². The number of rotatable bonds is 3. The number of amides is 1. The van der Waals surface area contributed by atoms with E-state index in [1.165, 1.54) is 23.5 Å². The molecule has 0 aliphatic carbocycles. The SMILES string of the molecule is O=C(O)c1ccc(Br)c(NC(=O)c2cccs2)c1. The first-order valence-corrected chi connectivity index (χ1v) is 6.63. The van der Waals surface area contributed by atoms with E-state index in [4.69, 9.17) is 5.11 Å². The molecule has 1 aromatic carbocycles. The van der Waals surface area contributed by atoms with Gasteiger partial charge in [0.15, 0.2) is 0 Å². The molecule has 0 spiro atoms. The van der Waals surface area contributed by atoms with Crippen LogP contribution in [0.4, 0.5) is 5.69 Å². The molecule has 0 atom stereocenters. The molecule has 0 aliphatic rings. The summed E-state index contributed by atoms with van der Waals surface area (Å²) in [5.41, 5.74) is 0.563. The van der Waals surface area contributed by atoms with E-state index in [1.807, 2.05) is 0 Å². The Morgan fingerprint density at radius 1 is 1.28 bits per heavy atom. The van der Waals surface area contributed by atoms with Gasteiger partial charge in [-0.25, -0.2) is 4.79 Å². The molecule has 0 radical (unpaired) electrons. The Morgan fingerprint density at radius 2 is 2.06 bits per heavy atom. The first kappa shape index (κ1) is 12.8. The summed E-state index contributed by atoms with van der Waals surface area (Å²) in [7, 11) is 0. The van der Waals surface area contributed by atoms with Gasteiger partial charge in [-0.15, -0.1) is 11.3 Å². The van der Waals surface area contributed by atoms with Gasteiger partial charge in [0.05, 0.1) is 16.1 Å². The minimum absolute atomic E-state index is 0.125. The summed E-state index contributed by atoms with van der Waals surface area (Å²) in [6, 6.07) is 7.95. The maximum absolute atomic E-state index is 11.8. The number of halogens is 1. The third-order valence-corrected chi connectivity index (χ3v) is 3.77. The average Bonchev–Trinajstić information content (AvgIpc) is 2.85. The third kappa shape index (κ3) is 2.77. The maximum atomic E-state index is 11.8. The van der Waals surface area contributed by atoms with Crippen molar-refractivity contribution < 1.29 is 14.7 Å². The summed E-state index contributed by atoms with van der Waals surface area (Å²) in [5, 5.41) is 13.4. The average molecular weight is 326 g/mol. The van der Waals surface area contributed by atoms with E-state index in [2.05, 4.69) is 21.2 Å². The zero-order valence-electron chi connectivity index (χ0n) is 9.01. The fourth-order valence-corrected chi connectivity index (χ4v) is 2.31. The summed E-state index contributed by atoms with van der Waals surface area (Å²) in [6.45, 7) is 0. The van der Waals surface area contributed by atoms with E-state index in [1.54, 1.807) is 23.6 Å². The van der Waals surface area contributed by atoms with Crippen molar-refractivity contribution in [2.75, 3.05) is 5.32 Å². The molecule has 18 heavy (non-hydrogen) atoms. The van der Waals surface area contributed by atoms with E-state index >= 15 is 0 Å². The van der Waals surface area contributed by atoms with Crippen LogP contribution >= 0.6 is 27.3 Å². The van der Waals surface area contributed by atoms with Crippen LogP contribution in [0.2, 0.25) is 0 Å². The minimum Gasteiger partial charge on any atom is -0.478 e. The Hall–Kier alpha value is -1.66. The van der Waals surface area contributed by atoms with Crippen molar-refractivity contribution in [2.24, 2.45) is 0 Å². The lowest BCUT2D eigenvalue weighted by atomic mass is 10.2. The van der Waals surface area contributed by atoms with Crippen LogP contribution in [0.5, 0.6) is 0 Å². The zero-order valence-corrected chi connectivity index (χ0v) is 11.4. The van der Waals surface area contributed by atoms with Crippen LogP contribution in [-0.2, 0) is 0 Å². The predicted molar refractivity (Wildman–Crippen MR) is 73.4 cm³/mol. The van der Waals surface area contributed by atoms with E-state index in [9.17, 15) is 9.59 Å². The second-order valence-electron chi connectivity index (χ2n) is 3.43.